The Morgan fingerprint density at radius 2 is 1.74 bits per heavy atom. The van der Waals surface area contributed by atoms with Gasteiger partial charge in [0.1, 0.15) is 5.75 Å². The third-order valence-corrected chi connectivity index (χ3v) is 2.63. The fourth-order valence-electron chi connectivity index (χ4n) is 1.65. The smallest absolute Gasteiger partial charge is 0.124 e. The van der Waals surface area contributed by atoms with Crippen molar-refractivity contribution in [1.82, 2.24) is 0 Å². The van der Waals surface area contributed by atoms with Crippen molar-refractivity contribution in [3.63, 3.8) is 0 Å². The van der Waals surface area contributed by atoms with Crippen molar-refractivity contribution < 1.29 is 5.11 Å². The van der Waals surface area contributed by atoms with Crippen molar-refractivity contribution >= 4 is 5.71 Å². The van der Waals surface area contributed by atoms with E-state index in [1.165, 1.54) is 0 Å². The first-order valence-corrected chi connectivity index (χ1v) is 6.06. The quantitative estimate of drug-likeness (QED) is 0.612. The predicted octanol–water partition coefficient (Wildman–Crippen LogP) is 4.40. The van der Waals surface area contributed by atoms with E-state index in [-0.39, 0.29) is 5.75 Å². The fraction of sp³-hybridized carbons (Fsp3) is 0.118. The van der Waals surface area contributed by atoms with Crippen LogP contribution in [0.4, 0.5) is 0 Å². The molecule has 0 aliphatic heterocycles. The Hall–Kier alpha value is -2.35. The van der Waals surface area contributed by atoms with Crippen LogP contribution >= 0.6 is 0 Å². The van der Waals surface area contributed by atoms with E-state index in [2.05, 4.69) is 18.2 Å². The van der Waals surface area contributed by atoms with Gasteiger partial charge in [-0.3, -0.25) is 4.99 Å². The number of para-hydroxylation sites is 1. The number of phenols is 1. The molecule has 0 aliphatic rings. The van der Waals surface area contributed by atoms with E-state index < -0.39 is 0 Å². The minimum Gasteiger partial charge on any atom is -0.507 e. The number of rotatable bonds is 5. The van der Waals surface area contributed by atoms with Crippen molar-refractivity contribution in [2.75, 3.05) is 0 Å². The number of nitrogens with zero attached hydrogens (tertiary/aromatic N) is 1. The van der Waals surface area contributed by atoms with Gasteiger partial charge in [0, 0.05) is 11.3 Å². The lowest BCUT2D eigenvalue weighted by atomic mass is 10.1. The highest BCUT2D eigenvalue weighted by Gasteiger charge is 2.04. The summed E-state index contributed by atoms with van der Waals surface area (Å²) in [6.45, 7) is 11.2. The van der Waals surface area contributed by atoms with E-state index >= 15 is 0 Å². The van der Waals surface area contributed by atoms with E-state index in [1.807, 2.05) is 38.1 Å². The van der Waals surface area contributed by atoms with Crippen LogP contribution in [0, 0.1) is 0 Å². The molecule has 0 atom stereocenters. The van der Waals surface area contributed by atoms with Gasteiger partial charge in [-0.2, -0.15) is 0 Å². The average Bonchev–Trinajstić information content (AvgIpc) is 2.39. The molecule has 0 aliphatic carbocycles. The van der Waals surface area contributed by atoms with Crippen LogP contribution in [0.3, 0.4) is 0 Å². The molecule has 0 bridgehead atoms. The van der Waals surface area contributed by atoms with Gasteiger partial charge < -0.3 is 5.11 Å². The minimum atomic E-state index is 0.229. The summed E-state index contributed by atoms with van der Waals surface area (Å²) in [5.41, 5.74) is 3.27. The third kappa shape index (κ3) is 4.11. The van der Waals surface area contributed by atoms with Crippen molar-refractivity contribution in [3.8, 4) is 5.75 Å². The summed E-state index contributed by atoms with van der Waals surface area (Å²) in [5.74, 6) is 0.229. The van der Waals surface area contributed by atoms with Crippen LogP contribution in [-0.2, 0) is 0 Å². The van der Waals surface area contributed by atoms with Crippen molar-refractivity contribution in [3.05, 3.63) is 78.6 Å². The van der Waals surface area contributed by atoms with Gasteiger partial charge in [-0.05, 0) is 37.6 Å². The second kappa shape index (κ2) is 7.17. The number of aliphatic imine (C=N–C) groups is 1. The normalized spacial score (nSPS) is 13.3. The first kappa shape index (κ1) is 14.7. The standard InChI is InChI=1S/C17H19NO/c1-5-9-13(3)16(10-6-2)18-14(4)15-11-7-8-12-17(15)19/h5-12,19H,1-2H2,3-4H3/b13-9-,16-10+,18-14+. The average molecular weight is 253 g/mol. The monoisotopic (exact) mass is 253 g/mol. The van der Waals surface area contributed by atoms with Crippen LogP contribution in [-0.4, -0.2) is 10.8 Å². The summed E-state index contributed by atoms with van der Waals surface area (Å²) in [4.78, 5) is 4.55. The van der Waals surface area contributed by atoms with E-state index in [0.29, 0.717) is 0 Å². The summed E-state index contributed by atoms with van der Waals surface area (Å²) in [6, 6.07) is 7.15. The number of aromatic hydroxyl groups is 1. The Kier molecular flexibility index (Phi) is 5.55. The molecule has 1 aromatic carbocycles. The van der Waals surface area contributed by atoms with E-state index in [0.717, 1.165) is 22.5 Å². The number of benzene rings is 1. The molecular weight excluding hydrogens is 234 g/mol. The van der Waals surface area contributed by atoms with Gasteiger partial charge in [-0.15, -0.1) is 0 Å². The number of hydrogen-bond acceptors (Lipinski definition) is 2. The van der Waals surface area contributed by atoms with E-state index in [1.54, 1.807) is 24.3 Å². The van der Waals surface area contributed by atoms with Gasteiger partial charge in [0.25, 0.3) is 0 Å². The number of allylic oxidation sites excluding steroid dienone is 5. The van der Waals surface area contributed by atoms with Crippen LogP contribution in [0.15, 0.2) is 78.0 Å². The van der Waals surface area contributed by atoms with Gasteiger partial charge in [0.05, 0.1) is 5.70 Å². The second-order valence-electron chi connectivity index (χ2n) is 4.09. The third-order valence-electron chi connectivity index (χ3n) is 2.63. The lowest BCUT2D eigenvalue weighted by molar-refractivity contribution is 0.474. The molecule has 2 heteroatoms. The molecule has 0 fully saturated rings. The SMILES string of the molecule is C=C\C=C(C)/C(=C\C=C)/N=C(\C)c1ccccc1O. The Morgan fingerprint density at radius 3 is 2.32 bits per heavy atom. The summed E-state index contributed by atoms with van der Waals surface area (Å²) in [6.07, 6.45) is 7.13. The molecular formula is C17H19NO. The highest BCUT2D eigenvalue weighted by atomic mass is 16.3. The Balaban J connectivity index is 3.21. The van der Waals surface area contributed by atoms with Crippen molar-refractivity contribution in [1.29, 1.82) is 0 Å². The van der Waals surface area contributed by atoms with Gasteiger partial charge in [0.15, 0.2) is 0 Å². The maximum absolute atomic E-state index is 9.81. The topological polar surface area (TPSA) is 32.6 Å². The zero-order chi connectivity index (χ0) is 14.3. The zero-order valence-corrected chi connectivity index (χ0v) is 11.4. The van der Waals surface area contributed by atoms with E-state index in [9.17, 15) is 5.11 Å². The Morgan fingerprint density at radius 1 is 1.11 bits per heavy atom. The number of phenolic OH excluding ortho intramolecular Hbond substituents is 1. The molecule has 98 valence electrons. The largest absolute Gasteiger partial charge is 0.507 e. The molecule has 0 spiro atoms. The lowest BCUT2D eigenvalue weighted by Gasteiger charge is -2.06. The Labute approximate surface area is 114 Å². The fourth-order valence-corrected chi connectivity index (χ4v) is 1.65. The molecule has 2 nitrogen and oxygen atoms in total. The van der Waals surface area contributed by atoms with Gasteiger partial charge in [0.2, 0.25) is 0 Å². The molecule has 0 saturated heterocycles. The van der Waals surface area contributed by atoms with Crippen LogP contribution in [0.5, 0.6) is 5.75 Å². The molecule has 1 aromatic rings. The molecule has 0 amide bonds. The van der Waals surface area contributed by atoms with Crippen LogP contribution in [0.1, 0.15) is 19.4 Å². The lowest BCUT2D eigenvalue weighted by Crippen LogP contribution is -1.97. The van der Waals surface area contributed by atoms with Gasteiger partial charge in [-0.1, -0.05) is 43.5 Å². The zero-order valence-electron chi connectivity index (χ0n) is 11.4. The minimum absolute atomic E-state index is 0.229. The van der Waals surface area contributed by atoms with Crippen LogP contribution in [0.25, 0.3) is 0 Å². The van der Waals surface area contributed by atoms with Gasteiger partial charge in [-0.25, -0.2) is 0 Å². The molecule has 0 saturated carbocycles. The number of hydrogen-bond donors (Lipinski definition) is 1. The maximum atomic E-state index is 9.81. The van der Waals surface area contributed by atoms with Crippen LogP contribution in [0.2, 0.25) is 0 Å². The van der Waals surface area contributed by atoms with Crippen molar-refractivity contribution in [2.45, 2.75) is 13.8 Å². The van der Waals surface area contributed by atoms with Crippen molar-refractivity contribution in [2.24, 2.45) is 4.99 Å². The molecule has 0 unspecified atom stereocenters. The summed E-state index contributed by atoms with van der Waals surface area (Å²) < 4.78 is 0. The first-order chi connectivity index (χ1) is 9.10. The highest BCUT2D eigenvalue weighted by Crippen LogP contribution is 2.19. The van der Waals surface area contributed by atoms with Gasteiger partial charge >= 0.3 is 0 Å². The molecule has 1 rings (SSSR count). The summed E-state index contributed by atoms with van der Waals surface area (Å²) >= 11 is 0. The highest BCUT2D eigenvalue weighted by molar-refractivity contribution is 6.01. The summed E-state index contributed by atoms with van der Waals surface area (Å²) in [7, 11) is 0. The second-order valence-corrected chi connectivity index (χ2v) is 4.09. The molecule has 1 N–H and O–H groups in total. The predicted molar refractivity (Wildman–Crippen MR) is 82.6 cm³/mol. The Bertz CT molecular complexity index is 562. The molecule has 0 aromatic heterocycles. The molecule has 0 heterocycles. The maximum Gasteiger partial charge on any atom is 0.124 e. The molecule has 0 radical (unpaired) electrons. The van der Waals surface area contributed by atoms with Crippen LogP contribution < -0.4 is 0 Å². The van der Waals surface area contributed by atoms with E-state index in [4.69, 9.17) is 0 Å². The summed E-state index contributed by atoms with van der Waals surface area (Å²) in [5, 5.41) is 9.81. The molecule has 19 heavy (non-hydrogen) atoms. The first-order valence-electron chi connectivity index (χ1n) is 6.06.